The molecule has 108 valence electrons. The summed E-state index contributed by atoms with van der Waals surface area (Å²) >= 11 is 7.18. The summed E-state index contributed by atoms with van der Waals surface area (Å²) in [6.45, 7) is 0.00721. The lowest BCUT2D eigenvalue weighted by atomic mass is 10.2. The average molecular weight is 324 g/mol. The van der Waals surface area contributed by atoms with Crippen LogP contribution in [-0.4, -0.2) is 17.6 Å². The smallest absolute Gasteiger partial charge is 0.254 e. The van der Waals surface area contributed by atoms with E-state index in [9.17, 15) is 9.18 Å². The molecule has 0 spiro atoms. The van der Waals surface area contributed by atoms with E-state index in [1.807, 2.05) is 5.38 Å². The van der Waals surface area contributed by atoms with Crippen LogP contribution in [0, 0.1) is 17.7 Å². The number of hydrogen-bond donors (Lipinski definition) is 2. The number of thiophene rings is 1. The van der Waals surface area contributed by atoms with Crippen LogP contribution in [-0.2, 0) is 6.54 Å². The number of aliphatic hydroxyl groups is 1. The van der Waals surface area contributed by atoms with Gasteiger partial charge in [-0.25, -0.2) is 4.39 Å². The Morgan fingerprint density at radius 2 is 2.24 bits per heavy atom. The highest BCUT2D eigenvalue weighted by Gasteiger charge is 2.13. The summed E-state index contributed by atoms with van der Waals surface area (Å²) in [5, 5.41) is 13.4. The van der Waals surface area contributed by atoms with Crippen LogP contribution in [0.15, 0.2) is 29.6 Å². The van der Waals surface area contributed by atoms with Crippen molar-refractivity contribution in [2.24, 2.45) is 0 Å². The molecule has 1 aromatic heterocycles. The molecule has 1 heterocycles. The SMILES string of the molecule is O=C(NCc1sccc1C#CCO)c1cc(Cl)ccc1F. The molecule has 0 aliphatic heterocycles. The second-order valence-electron chi connectivity index (χ2n) is 4.02. The quantitative estimate of drug-likeness (QED) is 0.853. The third kappa shape index (κ3) is 4.05. The molecule has 0 radical (unpaired) electrons. The molecule has 0 bridgehead atoms. The number of carbonyl (C=O) groups excluding carboxylic acids is 1. The molecule has 0 aliphatic carbocycles. The number of halogens is 2. The Bertz CT molecular complexity index is 718. The van der Waals surface area contributed by atoms with E-state index in [-0.39, 0.29) is 18.7 Å². The van der Waals surface area contributed by atoms with E-state index in [1.165, 1.54) is 23.5 Å². The molecule has 0 saturated carbocycles. The molecule has 0 atom stereocenters. The number of carbonyl (C=O) groups is 1. The maximum atomic E-state index is 13.6. The zero-order valence-electron chi connectivity index (χ0n) is 10.8. The van der Waals surface area contributed by atoms with Gasteiger partial charge >= 0.3 is 0 Å². The minimum Gasteiger partial charge on any atom is -0.384 e. The van der Waals surface area contributed by atoms with Gasteiger partial charge in [0, 0.05) is 15.5 Å². The monoisotopic (exact) mass is 323 g/mol. The van der Waals surface area contributed by atoms with Gasteiger partial charge in [0.2, 0.25) is 0 Å². The molecule has 0 saturated heterocycles. The standard InChI is InChI=1S/C15H11ClFNO2S/c16-11-3-4-13(17)12(8-11)15(20)18-9-14-10(2-1-6-19)5-7-21-14/h3-5,7-8,19H,6,9H2,(H,18,20). The van der Waals surface area contributed by atoms with Crippen molar-refractivity contribution >= 4 is 28.8 Å². The highest BCUT2D eigenvalue weighted by Crippen LogP contribution is 2.17. The number of amides is 1. The Morgan fingerprint density at radius 1 is 1.43 bits per heavy atom. The van der Waals surface area contributed by atoms with Crippen LogP contribution in [0.4, 0.5) is 4.39 Å². The van der Waals surface area contributed by atoms with Crippen LogP contribution in [0.3, 0.4) is 0 Å². The third-order valence-corrected chi connectivity index (χ3v) is 3.79. The minimum atomic E-state index is -0.622. The van der Waals surface area contributed by atoms with Crippen molar-refractivity contribution in [3.05, 3.63) is 56.5 Å². The molecule has 21 heavy (non-hydrogen) atoms. The van der Waals surface area contributed by atoms with E-state index >= 15 is 0 Å². The fourth-order valence-electron chi connectivity index (χ4n) is 1.65. The normalized spacial score (nSPS) is 9.86. The van der Waals surface area contributed by atoms with Gasteiger partial charge in [-0.05, 0) is 29.6 Å². The third-order valence-electron chi connectivity index (χ3n) is 2.63. The van der Waals surface area contributed by atoms with E-state index in [0.717, 1.165) is 16.5 Å². The zero-order valence-corrected chi connectivity index (χ0v) is 12.4. The molecule has 3 nitrogen and oxygen atoms in total. The summed E-state index contributed by atoms with van der Waals surface area (Å²) in [6.07, 6.45) is 0. The van der Waals surface area contributed by atoms with Gasteiger partial charge in [-0.3, -0.25) is 4.79 Å². The fourth-order valence-corrected chi connectivity index (χ4v) is 2.59. The average Bonchev–Trinajstić information content (AvgIpc) is 2.92. The molecular formula is C15H11ClFNO2S. The molecule has 6 heteroatoms. The van der Waals surface area contributed by atoms with Crippen molar-refractivity contribution in [2.45, 2.75) is 6.54 Å². The topological polar surface area (TPSA) is 49.3 Å². The molecule has 0 aliphatic rings. The Labute approximate surface area is 130 Å². The highest BCUT2D eigenvalue weighted by atomic mass is 35.5. The summed E-state index contributed by atoms with van der Waals surface area (Å²) in [5.74, 6) is 4.18. The number of nitrogens with one attached hydrogen (secondary N) is 1. The van der Waals surface area contributed by atoms with E-state index in [1.54, 1.807) is 6.07 Å². The van der Waals surface area contributed by atoms with Gasteiger partial charge < -0.3 is 10.4 Å². The second kappa shape index (κ2) is 7.23. The van der Waals surface area contributed by atoms with Crippen LogP contribution in [0.25, 0.3) is 0 Å². The van der Waals surface area contributed by atoms with Crippen LogP contribution in [0.5, 0.6) is 0 Å². The van der Waals surface area contributed by atoms with Crippen molar-refractivity contribution in [3.8, 4) is 11.8 Å². The van der Waals surface area contributed by atoms with Crippen molar-refractivity contribution < 1.29 is 14.3 Å². The molecule has 1 aromatic carbocycles. The highest BCUT2D eigenvalue weighted by molar-refractivity contribution is 7.10. The van der Waals surface area contributed by atoms with Gasteiger partial charge in [0.25, 0.3) is 5.91 Å². The first-order valence-electron chi connectivity index (χ1n) is 6.01. The summed E-state index contributed by atoms with van der Waals surface area (Å²) in [4.78, 5) is 12.8. The van der Waals surface area contributed by atoms with Crippen molar-refractivity contribution in [1.82, 2.24) is 5.32 Å². The van der Waals surface area contributed by atoms with Crippen LogP contribution in [0.1, 0.15) is 20.8 Å². The molecule has 2 rings (SSSR count). The number of aliphatic hydroxyl groups excluding tert-OH is 1. The molecule has 2 aromatic rings. The van der Waals surface area contributed by atoms with E-state index in [2.05, 4.69) is 17.2 Å². The van der Waals surface area contributed by atoms with Gasteiger partial charge in [0.1, 0.15) is 12.4 Å². The van der Waals surface area contributed by atoms with Crippen molar-refractivity contribution in [1.29, 1.82) is 0 Å². The first-order valence-corrected chi connectivity index (χ1v) is 7.27. The first-order chi connectivity index (χ1) is 10.1. The fraction of sp³-hybridized carbons (Fsp3) is 0.133. The number of hydrogen-bond acceptors (Lipinski definition) is 3. The summed E-state index contributed by atoms with van der Waals surface area (Å²) in [6, 6.07) is 5.62. The van der Waals surface area contributed by atoms with E-state index in [4.69, 9.17) is 16.7 Å². The van der Waals surface area contributed by atoms with E-state index in [0.29, 0.717) is 5.02 Å². The Morgan fingerprint density at radius 3 is 3.00 bits per heavy atom. The van der Waals surface area contributed by atoms with Gasteiger partial charge in [-0.15, -0.1) is 11.3 Å². The van der Waals surface area contributed by atoms with Gasteiger partial charge in [-0.1, -0.05) is 23.4 Å². The molecule has 1 amide bonds. The first kappa shape index (κ1) is 15.5. The van der Waals surface area contributed by atoms with Gasteiger partial charge in [0.05, 0.1) is 12.1 Å². The molecule has 2 N–H and O–H groups in total. The van der Waals surface area contributed by atoms with Crippen molar-refractivity contribution in [3.63, 3.8) is 0 Å². The van der Waals surface area contributed by atoms with Crippen molar-refractivity contribution in [2.75, 3.05) is 6.61 Å². The molecule has 0 unspecified atom stereocenters. The summed E-state index contributed by atoms with van der Waals surface area (Å²) in [5.41, 5.74) is 0.642. The largest absolute Gasteiger partial charge is 0.384 e. The number of rotatable bonds is 3. The predicted molar refractivity (Wildman–Crippen MR) is 80.9 cm³/mol. The Kier molecular flexibility index (Phi) is 5.34. The molecule has 0 fully saturated rings. The number of benzene rings is 1. The van der Waals surface area contributed by atoms with Gasteiger partial charge in [-0.2, -0.15) is 0 Å². The molecular weight excluding hydrogens is 313 g/mol. The van der Waals surface area contributed by atoms with Crippen LogP contribution < -0.4 is 5.32 Å². The van der Waals surface area contributed by atoms with Gasteiger partial charge in [0.15, 0.2) is 0 Å². The predicted octanol–water partition coefficient (Wildman–Crippen LogP) is 2.81. The zero-order chi connectivity index (χ0) is 15.2. The Hall–Kier alpha value is -1.87. The summed E-state index contributed by atoms with van der Waals surface area (Å²) in [7, 11) is 0. The Balaban J connectivity index is 2.08. The second-order valence-corrected chi connectivity index (χ2v) is 5.46. The van der Waals surface area contributed by atoms with Crippen LogP contribution in [0.2, 0.25) is 5.02 Å². The maximum absolute atomic E-state index is 13.6. The lowest BCUT2D eigenvalue weighted by Crippen LogP contribution is -2.23. The minimum absolute atomic E-state index is 0.0953. The maximum Gasteiger partial charge on any atom is 0.254 e. The summed E-state index contributed by atoms with van der Waals surface area (Å²) < 4.78 is 13.6. The van der Waals surface area contributed by atoms with Crippen LogP contribution >= 0.6 is 22.9 Å². The lowest BCUT2D eigenvalue weighted by Gasteiger charge is -2.06. The van der Waals surface area contributed by atoms with E-state index < -0.39 is 11.7 Å². The lowest BCUT2D eigenvalue weighted by molar-refractivity contribution is 0.0947.